The van der Waals surface area contributed by atoms with E-state index in [0.717, 1.165) is 8.47 Å². The third kappa shape index (κ3) is 5.32. The molecule has 0 radical (unpaired) electrons. The molecule has 4 rings (SSSR count). The molecule has 3 amide bonds. The van der Waals surface area contributed by atoms with E-state index < -0.39 is 28.5 Å². The first kappa shape index (κ1) is 24.0. The van der Waals surface area contributed by atoms with Gasteiger partial charge < -0.3 is 9.73 Å². The second-order valence-corrected chi connectivity index (χ2v) is 9.59. The van der Waals surface area contributed by atoms with Crippen LogP contribution in [0.15, 0.2) is 63.9 Å². The van der Waals surface area contributed by atoms with Crippen molar-refractivity contribution >= 4 is 80.5 Å². The average molecular weight is 610 g/mol. The van der Waals surface area contributed by atoms with Gasteiger partial charge in [0.1, 0.15) is 23.1 Å². The van der Waals surface area contributed by atoms with Crippen LogP contribution in [0.5, 0.6) is 0 Å². The average Bonchev–Trinajstić information content (AvgIpc) is 3.36. The zero-order valence-electron chi connectivity index (χ0n) is 17.0. The Morgan fingerprint density at radius 3 is 2.62 bits per heavy atom. The fourth-order valence-corrected chi connectivity index (χ4v) is 4.40. The maximum absolute atomic E-state index is 12.7. The molecule has 0 atom stereocenters. The lowest BCUT2D eigenvalue weighted by molar-refractivity contribution is -0.384. The molecule has 0 saturated carbocycles. The van der Waals surface area contributed by atoms with Crippen molar-refractivity contribution in [2.75, 3.05) is 11.9 Å². The standard InChI is InChI=1S/C22H13ClIN3O6S/c23-16-7-1-12(9-17(16)27(31)32)18-8-6-15(33-18)10-19-21(29)26(22(30)34-19)11-20(28)25-14-4-2-13(24)3-5-14/h1-10H,11H2,(H,25,28)/b19-10+. The number of nitro groups is 1. The van der Waals surface area contributed by atoms with Crippen molar-refractivity contribution in [3.8, 4) is 11.3 Å². The van der Waals surface area contributed by atoms with E-state index in [4.69, 9.17) is 16.0 Å². The van der Waals surface area contributed by atoms with Gasteiger partial charge in [0.25, 0.3) is 16.8 Å². The van der Waals surface area contributed by atoms with Crippen LogP contribution in [0, 0.1) is 13.7 Å². The molecule has 1 N–H and O–H groups in total. The van der Waals surface area contributed by atoms with Crippen molar-refractivity contribution in [2.24, 2.45) is 0 Å². The van der Waals surface area contributed by atoms with Gasteiger partial charge in [0, 0.05) is 27.0 Å². The van der Waals surface area contributed by atoms with Crippen LogP contribution in [0.1, 0.15) is 5.76 Å². The van der Waals surface area contributed by atoms with Gasteiger partial charge in [-0.1, -0.05) is 11.6 Å². The molecular weight excluding hydrogens is 597 g/mol. The molecule has 0 aliphatic carbocycles. The third-order valence-electron chi connectivity index (χ3n) is 4.63. The van der Waals surface area contributed by atoms with E-state index in [0.29, 0.717) is 28.8 Å². The highest BCUT2D eigenvalue weighted by molar-refractivity contribution is 14.1. The molecule has 3 aromatic rings. The number of anilines is 1. The molecule has 12 heteroatoms. The second-order valence-electron chi connectivity index (χ2n) is 6.95. The summed E-state index contributed by atoms with van der Waals surface area (Å²) in [5.74, 6) is -0.536. The lowest BCUT2D eigenvalue weighted by atomic mass is 10.1. The third-order valence-corrected chi connectivity index (χ3v) is 6.58. The summed E-state index contributed by atoms with van der Waals surface area (Å²) in [6, 6.07) is 14.5. The molecule has 1 aromatic heterocycles. The fourth-order valence-electron chi connectivity index (χ4n) is 3.03. The Bertz CT molecular complexity index is 1350. The number of nitrogens with zero attached hydrogens (tertiary/aromatic N) is 2. The summed E-state index contributed by atoms with van der Waals surface area (Å²) in [6.07, 6.45) is 1.38. The number of halogens is 2. The van der Waals surface area contributed by atoms with Gasteiger partial charge >= 0.3 is 0 Å². The molecule has 0 bridgehead atoms. The first-order chi connectivity index (χ1) is 16.2. The summed E-state index contributed by atoms with van der Waals surface area (Å²) < 4.78 is 6.68. The van der Waals surface area contributed by atoms with Crippen LogP contribution in [0.25, 0.3) is 17.4 Å². The quantitative estimate of drug-likeness (QED) is 0.162. The van der Waals surface area contributed by atoms with E-state index in [1.165, 1.54) is 18.2 Å². The molecule has 0 unspecified atom stereocenters. The summed E-state index contributed by atoms with van der Waals surface area (Å²) >= 11 is 8.67. The van der Waals surface area contributed by atoms with Crippen LogP contribution < -0.4 is 5.32 Å². The van der Waals surface area contributed by atoms with Crippen LogP contribution in [0.2, 0.25) is 5.02 Å². The molecule has 2 heterocycles. The Kier molecular flexibility index (Phi) is 7.05. The van der Waals surface area contributed by atoms with Crippen LogP contribution in [0.3, 0.4) is 0 Å². The predicted octanol–water partition coefficient (Wildman–Crippen LogP) is 5.79. The van der Waals surface area contributed by atoms with Crippen LogP contribution in [-0.2, 0) is 9.59 Å². The van der Waals surface area contributed by atoms with Crippen molar-refractivity contribution in [3.05, 3.63) is 84.0 Å². The number of hydrogen-bond donors (Lipinski definition) is 1. The SMILES string of the molecule is O=C(CN1C(=O)S/C(=C/c2ccc(-c3ccc(Cl)c([N+](=O)[O-])c3)o2)C1=O)Nc1ccc(I)cc1. The summed E-state index contributed by atoms with van der Waals surface area (Å²) in [5, 5.41) is 13.2. The number of carbonyl (C=O) groups is 3. The van der Waals surface area contributed by atoms with Gasteiger partial charge in [0.05, 0.1) is 9.83 Å². The zero-order valence-corrected chi connectivity index (χ0v) is 20.7. The Hall–Kier alpha value is -3.16. The van der Waals surface area contributed by atoms with Crippen molar-refractivity contribution in [3.63, 3.8) is 0 Å². The number of imide groups is 1. The largest absolute Gasteiger partial charge is 0.457 e. The monoisotopic (exact) mass is 609 g/mol. The Morgan fingerprint density at radius 1 is 1.18 bits per heavy atom. The lowest BCUT2D eigenvalue weighted by Crippen LogP contribution is -2.36. The van der Waals surface area contributed by atoms with Crippen molar-refractivity contribution in [2.45, 2.75) is 0 Å². The van der Waals surface area contributed by atoms with Gasteiger partial charge in [-0.15, -0.1) is 0 Å². The normalized spacial score (nSPS) is 14.6. The molecule has 172 valence electrons. The van der Waals surface area contributed by atoms with Crippen LogP contribution >= 0.6 is 46.0 Å². The Morgan fingerprint density at radius 2 is 1.91 bits per heavy atom. The minimum Gasteiger partial charge on any atom is -0.457 e. The molecule has 2 aromatic carbocycles. The number of benzene rings is 2. The summed E-state index contributed by atoms with van der Waals surface area (Å²) in [5.41, 5.74) is 0.719. The number of thioether (sulfide) groups is 1. The first-order valence-corrected chi connectivity index (χ1v) is 11.8. The van der Waals surface area contributed by atoms with Gasteiger partial charge in [0.15, 0.2) is 0 Å². The molecule has 1 saturated heterocycles. The van der Waals surface area contributed by atoms with Gasteiger partial charge in [-0.25, -0.2) is 0 Å². The molecule has 9 nitrogen and oxygen atoms in total. The lowest BCUT2D eigenvalue weighted by Gasteiger charge is -2.12. The van der Waals surface area contributed by atoms with E-state index >= 15 is 0 Å². The van der Waals surface area contributed by atoms with E-state index in [-0.39, 0.29) is 21.4 Å². The topological polar surface area (TPSA) is 123 Å². The van der Waals surface area contributed by atoms with Crippen molar-refractivity contribution in [1.29, 1.82) is 0 Å². The molecule has 34 heavy (non-hydrogen) atoms. The maximum atomic E-state index is 12.7. The Balaban J connectivity index is 1.47. The number of nitrogens with one attached hydrogen (secondary N) is 1. The van der Waals surface area contributed by atoms with Gasteiger partial charge in [-0.05, 0) is 82.9 Å². The minimum atomic E-state index is -0.618. The van der Waals surface area contributed by atoms with Crippen molar-refractivity contribution in [1.82, 2.24) is 4.90 Å². The molecule has 1 aliphatic rings. The van der Waals surface area contributed by atoms with Crippen LogP contribution in [-0.4, -0.2) is 33.4 Å². The summed E-state index contributed by atoms with van der Waals surface area (Å²) in [6.45, 7) is -0.425. The number of furan rings is 1. The molecule has 1 aliphatic heterocycles. The van der Waals surface area contributed by atoms with E-state index in [9.17, 15) is 24.5 Å². The van der Waals surface area contributed by atoms with E-state index in [1.807, 2.05) is 12.1 Å². The smallest absolute Gasteiger partial charge is 0.294 e. The number of carbonyl (C=O) groups excluding carboxylic acids is 3. The van der Waals surface area contributed by atoms with Crippen molar-refractivity contribution < 1.29 is 23.7 Å². The highest BCUT2D eigenvalue weighted by Gasteiger charge is 2.36. The summed E-state index contributed by atoms with van der Waals surface area (Å²) in [4.78, 5) is 48.8. The second kappa shape index (κ2) is 9.99. The highest BCUT2D eigenvalue weighted by atomic mass is 127. The maximum Gasteiger partial charge on any atom is 0.294 e. The predicted molar refractivity (Wildman–Crippen MR) is 136 cm³/mol. The summed E-state index contributed by atoms with van der Waals surface area (Å²) in [7, 11) is 0. The highest BCUT2D eigenvalue weighted by Crippen LogP contribution is 2.35. The minimum absolute atomic E-state index is 0.000241. The van der Waals surface area contributed by atoms with E-state index in [1.54, 1.807) is 30.3 Å². The van der Waals surface area contributed by atoms with Gasteiger partial charge in [0.2, 0.25) is 5.91 Å². The molecular formula is C22H13ClIN3O6S. The number of hydrogen-bond acceptors (Lipinski definition) is 7. The van der Waals surface area contributed by atoms with Gasteiger partial charge in [-0.3, -0.25) is 29.4 Å². The van der Waals surface area contributed by atoms with Crippen LogP contribution in [0.4, 0.5) is 16.2 Å². The first-order valence-electron chi connectivity index (χ1n) is 9.56. The van der Waals surface area contributed by atoms with Gasteiger partial charge in [-0.2, -0.15) is 0 Å². The molecule has 0 spiro atoms. The number of nitro benzene ring substituents is 1. The number of amides is 3. The van der Waals surface area contributed by atoms with E-state index in [2.05, 4.69) is 27.9 Å². The number of rotatable bonds is 6. The zero-order chi connectivity index (χ0) is 24.4. The molecule has 1 fully saturated rings. The fraction of sp³-hybridized carbons (Fsp3) is 0.0455. The Labute approximate surface area is 215 Å².